The van der Waals surface area contributed by atoms with Crippen molar-refractivity contribution in [2.45, 2.75) is 19.3 Å². The molecule has 0 radical (unpaired) electrons. The molecular weight excluding hydrogens is 716 g/mol. The molecule has 1 heteroatoms. The zero-order chi connectivity index (χ0) is 38.5. The van der Waals surface area contributed by atoms with Crippen LogP contribution in [0, 0.1) is 0 Å². The summed E-state index contributed by atoms with van der Waals surface area (Å²) in [6.07, 6.45) is 0. The van der Waals surface area contributed by atoms with Crippen molar-refractivity contribution < 1.29 is 0 Å². The van der Waals surface area contributed by atoms with Gasteiger partial charge in [-0.15, -0.1) is 0 Å². The molecule has 1 unspecified atom stereocenters. The summed E-state index contributed by atoms with van der Waals surface area (Å²) in [5.41, 5.74) is 13.1. The Labute approximate surface area is 339 Å². The molecule has 0 bridgehead atoms. The third-order valence-corrected chi connectivity index (χ3v) is 15.5. The van der Waals surface area contributed by atoms with Crippen molar-refractivity contribution in [2.24, 2.45) is 0 Å². The molecule has 0 aliphatic heterocycles. The van der Waals surface area contributed by atoms with Gasteiger partial charge in [0, 0.05) is 15.7 Å². The van der Waals surface area contributed by atoms with Crippen molar-refractivity contribution >= 4 is 60.9 Å². The highest BCUT2D eigenvalue weighted by Crippen LogP contribution is 2.57. The van der Waals surface area contributed by atoms with Crippen LogP contribution in [0.2, 0.25) is 0 Å². The summed E-state index contributed by atoms with van der Waals surface area (Å²) in [5, 5.41) is 14.7. The highest BCUT2D eigenvalue weighted by atomic mass is 31.1. The first-order valence-corrected chi connectivity index (χ1v) is 21.7. The van der Waals surface area contributed by atoms with E-state index in [9.17, 15) is 0 Å². The van der Waals surface area contributed by atoms with Gasteiger partial charge in [0.1, 0.15) is 0 Å². The maximum Gasteiger partial charge on any atom is 0.0159 e. The molecule has 1 heterocycles. The number of fused-ring (bicyclic) bond motifs is 9. The zero-order valence-electron chi connectivity index (χ0n) is 32.5. The van der Waals surface area contributed by atoms with Gasteiger partial charge in [-0.25, -0.2) is 0 Å². The van der Waals surface area contributed by atoms with E-state index in [2.05, 4.69) is 214 Å². The number of hydrogen-bond acceptors (Lipinski definition) is 0. The fourth-order valence-corrected chi connectivity index (χ4v) is 13.0. The van der Waals surface area contributed by atoms with Gasteiger partial charge in [-0.1, -0.05) is 203 Å². The molecule has 0 amide bonds. The topological polar surface area (TPSA) is 0 Å². The van der Waals surface area contributed by atoms with Crippen LogP contribution < -0.4 is 0 Å². The van der Waals surface area contributed by atoms with Crippen LogP contribution in [0.1, 0.15) is 25.0 Å². The van der Waals surface area contributed by atoms with E-state index in [0.717, 1.165) is 0 Å². The Morgan fingerprint density at radius 1 is 0.328 bits per heavy atom. The van der Waals surface area contributed by atoms with E-state index in [1.165, 1.54) is 114 Å². The molecular formula is C57H39P. The van der Waals surface area contributed by atoms with Gasteiger partial charge in [0.05, 0.1) is 0 Å². The van der Waals surface area contributed by atoms with Crippen LogP contribution in [0.15, 0.2) is 200 Å². The summed E-state index contributed by atoms with van der Waals surface area (Å²) in [6.45, 7) is 4.77. The first kappa shape index (κ1) is 33.4. The molecule has 0 N–H and O–H groups in total. The lowest BCUT2D eigenvalue weighted by Crippen LogP contribution is -2.14. The van der Waals surface area contributed by atoms with Crippen LogP contribution in [-0.4, -0.2) is 0 Å². The van der Waals surface area contributed by atoms with Gasteiger partial charge in [0.2, 0.25) is 0 Å². The fourth-order valence-electron chi connectivity index (χ4n) is 10.4. The average molecular weight is 755 g/mol. The van der Waals surface area contributed by atoms with Crippen LogP contribution >= 0.6 is 7.53 Å². The maximum atomic E-state index is 2.50. The van der Waals surface area contributed by atoms with E-state index in [4.69, 9.17) is 0 Å². The minimum absolute atomic E-state index is 0.0958. The van der Waals surface area contributed by atoms with Crippen LogP contribution in [0.25, 0.3) is 103 Å². The smallest absolute Gasteiger partial charge is 0.0159 e. The summed E-state index contributed by atoms with van der Waals surface area (Å²) >= 11 is 0. The Hall–Kier alpha value is -6.72. The van der Waals surface area contributed by atoms with E-state index >= 15 is 0 Å². The standard InChI is InChI=1S/C57H39P/c1-57(2)50-27-12-10-24-46(50)56-47(26-15-28-51(56)57)55-44-23-9-8-22-43(44)54(45-32-30-37(34-49(45)55)41-25-14-17-36-16-6-7-20-40(36)41)38-31-33-53-48(35-38)42-21-11-13-29-52(42)58(53)39-18-4-3-5-19-39/h3-35H,1-2H3. The Balaban J connectivity index is 1.21. The summed E-state index contributed by atoms with van der Waals surface area (Å²) in [6, 6.07) is 75.5. The third kappa shape index (κ3) is 4.76. The largest absolute Gasteiger partial charge is 0.0772 e. The Bertz CT molecular complexity index is 3470. The summed E-state index contributed by atoms with van der Waals surface area (Å²) in [4.78, 5) is 0. The molecule has 58 heavy (non-hydrogen) atoms. The first-order valence-electron chi connectivity index (χ1n) is 20.4. The van der Waals surface area contributed by atoms with Gasteiger partial charge in [-0.3, -0.25) is 0 Å². The van der Waals surface area contributed by atoms with Crippen LogP contribution in [0.5, 0.6) is 0 Å². The van der Waals surface area contributed by atoms with E-state index in [1.807, 2.05) is 0 Å². The molecule has 10 aromatic carbocycles. The van der Waals surface area contributed by atoms with Crippen molar-refractivity contribution in [3.05, 3.63) is 211 Å². The second kappa shape index (κ2) is 12.6. The first-order chi connectivity index (χ1) is 28.6. The van der Waals surface area contributed by atoms with Gasteiger partial charge < -0.3 is 0 Å². The predicted molar refractivity (Wildman–Crippen MR) is 252 cm³/mol. The molecule has 1 aromatic heterocycles. The summed E-state index contributed by atoms with van der Waals surface area (Å²) in [7, 11) is -0.635. The van der Waals surface area contributed by atoms with Crippen molar-refractivity contribution in [3.63, 3.8) is 0 Å². The van der Waals surface area contributed by atoms with Crippen molar-refractivity contribution in [2.75, 3.05) is 0 Å². The van der Waals surface area contributed by atoms with Gasteiger partial charge in [0.25, 0.3) is 0 Å². The van der Waals surface area contributed by atoms with Crippen molar-refractivity contribution in [1.82, 2.24) is 0 Å². The van der Waals surface area contributed by atoms with Gasteiger partial charge >= 0.3 is 0 Å². The molecule has 1 atom stereocenters. The SMILES string of the molecule is CC1(C)c2ccccc2-c2c(-c3c4ccccc4c(-c4ccc5c(c4)c4ccccc4p5-c4ccccc4)c4ccc(-c5cccc6ccccc56)cc34)cccc21. The zero-order valence-corrected chi connectivity index (χ0v) is 33.4. The number of hydrogen-bond donors (Lipinski definition) is 0. The molecule has 0 nitrogen and oxygen atoms in total. The maximum absolute atomic E-state index is 2.50. The van der Waals surface area contributed by atoms with Crippen molar-refractivity contribution in [3.8, 4) is 49.8 Å². The monoisotopic (exact) mass is 754 g/mol. The molecule has 11 aromatic rings. The number of benzene rings is 10. The molecule has 0 saturated heterocycles. The Morgan fingerprint density at radius 2 is 0.897 bits per heavy atom. The molecule has 0 saturated carbocycles. The molecule has 0 spiro atoms. The van der Waals surface area contributed by atoms with Gasteiger partial charge in [-0.2, -0.15) is 0 Å². The fraction of sp³-hybridized carbons (Fsp3) is 0.0526. The van der Waals surface area contributed by atoms with E-state index in [1.54, 1.807) is 0 Å². The average Bonchev–Trinajstić information content (AvgIpc) is 3.73. The van der Waals surface area contributed by atoms with E-state index in [0.29, 0.717) is 0 Å². The quantitative estimate of drug-likeness (QED) is 0.157. The Morgan fingerprint density at radius 3 is 1.76 bits per heavy atom. The molecule has 0 fully saturated rings. The second-order valence-corrected chi connectivity index (χ2v) is 18.6. The van der Waals surface area contributed by atoms with Crippen molar-refractivity contribution in [1.29, 1.82) is 0 Å². The lowest BCUT2D eigenvalue weighted by Gasteiger charge is -2.23. The summed E-state index contributed by atoms with van der Waals surface area (Å²) in [5.74, 6) is 0. The third-order valence-electron chi connectivity index (χ3n) is 13.0. The lowest BCUT2D eigenvalue weighted by molar-refractivity contribution is 0.660. The van der Waals surface area contributed by atoms with E-state index in [-0.39, 0.29) is 5.41 Å². The molecule has 272 valence electrons. The van der Waals surface area contributed by atoms with Crippen LogP contribution in [0.4, 0.5) is 0 Å². The van der Waals surface area contributed by atoms with Gasteiger partial charge in [0.15, 0.2) is 0 Å². The lowest BCUT2D eigenvalue weighted by atomic mass is 9.80. The van der Waals surface area contributed by atoms with Gasteiger partial charge in [-0.05, 0) is 122 Å². The summed E-state index contributed by atoms with van der Waals surface area (Å²) < 4.78 is 0. The van der Waals surface area contributed by atoms with Crippen LogP contribution in [-0.2, 0) is 5.41 Å². The molecule has 12 rings (SSSR count). The normalized spacial score (nSPS) is 13.4. The molecule has 1 aliphatic rings. The highest BCUT2D eigenvalue weighted by Gasteiger charge is 2.37. The minimum Gasteiger partial charge on any atom is -0.0772 e. The molecule has 1 aliphatic carbocycles. The predicted octanol–water partition coefficient (Wildman–Crippen LogP) is 16.7. The van der Waals surface area contributed by atoms with Crippen LogP contribution in [0.3, 0.4) is 0 Å². The Kier molecular flexibility index (Phi) is 7.28. The van der Waals surface area contributed by atoms with E-state index < -0.39 is 7.53 Å². The minimum atomic E-state index is -0.635. The second-order valence-electron chi connectivity index (χ2n) is 16.4. The number of rotatable bonds is 4. The highest BCUT2D eigenvalue weighted by molar-refractivity contribution is 7.67.